The van der Waals surface area contributed by atoms with Crippen LogP contribution in [0.15, 0.2) is 24.5 Å². The van der Waals surface area contributed by atoms with Crippen LogP contribution >= 0.6 is 0 Å². The molecule has 24 heavy (non-hydrogen) atoms. The van der Waals surface area contributed by atoms with Crippen LogP contribution in [0.4, 0.5) is 13.2 Å². The van der Waals surface area contributed by atoms with Gasteiger partial charge >= 0.3 is 6.18 Å². The highest BCUT2D eigenvalue weighted by Gasteiger charge is 2.33. The first-order valence-corrected chi connectivity index (χ1v) is 7.05. The molecule has 6 nitrogen and oxygen atoms in total. The third-order valence-corrected chi connectivity index (χ3v) is 3.50. The largest absolute Gasteiger partial charge is 0.433 e. The molecule has 2 rings (SSSR count). The van der Waals surface area contributed by atoms with E-state index < -0.39 is 23.8 Å². The van der Waals surface area contributed by atoms with Crippen LogP contribution in [-0.4, -0.2) is 34.4 Å². The summed E-state index contributed by atoms with van der Waals surface area (Å²) in [7, 11) is 3.20. The van der Waals surface area contributed by atoms with Gasteiger partial charge in [0.2, 0.25) is 0 Å². The molecule has 1 unspecified atom stereocenters. The maximum absolute atomic E-state index is 12.7. The van der Waals surface area contributed by atoms with Crippen molar-refractivity contribution in [3.63, 3.8) is 0 Å². The molecular weight excluding hydrogens is 325 g/mol. The summed E-state index contributed by atoms with van der Waals surface area (Å²) in [6.07, 6.45) is -2.04. The molecule has 0 fully saturated rings. The highest BCUT2D eigenvalue weighted by molar-refractivity contribution is 5.95. The summed E-state index contributed by atoms with van der Waals surface area (Å²) in [5.41, 5.74) is -0.0541. The van der Waals surface area contributed by atoms with E-state index in [1.807, 2.05) is 0 Å². The summed E-state index contributed by atoms with van der Waals surface area (Å²) in [6, 6.07) is 2.09. The van der Waals surface area contributed by atoms with Crippen LogP contribution in [0.2, 0.25) is 0 Å². The Hall–Kier alpha value is -2.42. The summed E-state index contributed by atoms with van der Waals surface area (Å²) in [5.74, 6) is -0.531. The van der Waals surface area contributed by atoms with Crippen LogP contribution in [-0.2, 0) is 18.0 Å². The lowest BCUT2D eigenvalue weighted by atomic mass is 10.1. The second-order valence-corrected chi connectivity index (χ2v) is 5.24. The molecule has 2 aromatic rings. The average Bonchev–Trinajstić information content (AvgIpc) is 2.91. The minimum Gasteiger partial charge on any atom is -0.382 e. The van der Waals surface area contributed by atoms with Crippen molar-refractivity contribution < 1.29 is 22.7 Å². The maximum Gasteiger partial charge on any atom is 0.433 e. The van der Waals surface area contributed by atoms with E-state index in [0.29, 0.717) is 5.69 Å². The summed E-state index contributed by atoms with van der Waals surface area (Å²) >= 11 is 0. The monoisotopic (exact) mass is 342 g/mol. The number of nitrogens with zero attached hydrogens (tertiary/aromatic N) is 3. The van der Waals surface area contributed by atoms with Gasteiger partial charge in [-0.05, 0) is 24.6 Å². The molecule has 0 spiro atoms. The predicted molar refractivity (Wildman–Crippen MR) is 79.3 cm³/mol. The number of hydrogen-bond acceptors (Lipinski definition) is 4. The lowest BCUT2D eigenvalue weighted by molar-refractivity contribution is -0.141. The van der Waals surface area contributed by atoms with Gasteiger partial charge in [-0.3, -0.25) is 14.5 Å². The van der Waals surface area contributed by atoms with E-state index in [4.69, 9.17) is 4.74 Å². The predicted octanol–water partition coefficient (Wildman–Crippen LogP) is 2.26. The Morgan fingerprint density at radius 3 is 2.67 bits per heavy atom. The minimum absolute atomic E-state index is 0.0753. The van der Waals surface area contributed by atoms with Gasteiger partial charge in [-0.2, -0.15) is 18.3 Å². The highest BCUT2D eigenvalue weighted by Crippen LogP contribution is 2.28. The van der Waals surface area contributed by atoms with Gasteiger partial charge < -0.3 is 10.1 Å². The van der Waals surface area contributed by atoms with E-state index >= 15 is 0 Å². The molecule has 0 saturated carbocycles. The van der Waals surface area contributed by atoms with Gasteiger partial charge in [-0.1, -0.05) is 0 Å². The van der Waals surface area contributed by atoms with Gasteiger partial charge in [0, 0.05) is 26.6 Å². The molecule has 1 amide bonds. The summed E-state index contributed by atoms with van der Waals surface area (Å²) in [5, 5.41) is 6.76. The Bertz CT molecular complexity index is 728. The zero-order chi connectivity index (χ0) is 17.9. The number of nitrogens with one attached hydrogen (secondary N) is 1. The Labute approximate surface area is 136 Å². The molecule has 2 heterocycles. The van der Waals surface area contributed by atoms with Crippen LogP contribution < -0.4 is 5.32 Å². The van der Waals surface area contributed by atoms with Gasteiger partial charge in [0.1, 0.15) is 5.69 Å². The number of carbonyl (C=O) groups excluding carboxylic acids is 1. The number of aryl methyl sites for hydroxylation is 2. The standard InChI is InChI=1S/C15H17F3N4O2/c1-9-6-13(15(16,17)18)19-7-10(9)14(23)21-11(8-24-3)12-4-5-20-22(12)2/h4-7,11H,8H2,1-3H3,(H,21,23). The number of amides is 1. The first kappa shape index (κ1) is 17.9. The highest BCUT2D eigenvalue weighted by atomic mass is 19.4. The molecule has 1 N–H and O–H groups in total. The third-order valence-electron chi connectivity index (χ3n) is 3.50. The molecule has 0 bridgehead atoms. The Kier molecular flexibility index (Phi) is 5.23. The Morgan fingerprint density at radius 1 is 1.46 bits per heavy atom. The van der Waals surface area contributed by atoms with E-state index in [1.165, 1.54) is 14.0 Å². The summed E-state index contributed by atoms with van der Waals surface area (Å²) in [6.45, 7) is 1.62. The van der Waals surface area contributed by atoms with Crippen LogP contribution in [0, 0.1) is 6.92 Å². The number of carbonyl (C=O) groups is 1. The zero-order valence-electron chi connectivity index (χ0n) is 13.4. The molecule has 0 saturated heterocycles. The quantitative estimate of drug-likeness (QED) is 0.905. The first-order chi connectivity index (χ1) is 11.2. The summed E-state index contributed by atoms with van der Waals surface area (Å²) in [4.78, 5) is 15.7. The molecule has 0 aliphatic carbocycles. The van der Waals surface area contributed by atoms with Crippen molar-refractivity contribution in [1.82, 2.24) is 20.1 Å². The summed E-state index contributed by atoms with van der Waals surface area (Å²) < 4.78 is 44.6. The first-order valence-electron chi connectivity index (χ1n) is 7.05. The lowest BCUT2D eigenvalue weighted by Gasteiger charge is -2.19. The molecule has 1 atom stereocenters. The van der Waals surface area contributed by atoms with Crippen molar-refractivity contribution in [3.05, 3.63) is 47.0 Å². The lowest BCUT2D eigenvalue weighted by Crippen LogP contribution is -2.33. The number of halogens is 3. The Balaban J connectivity index is 2.23. The number of rotatable bonds is 5. The van der Waals surface area contributed by atoms with Crippen molar-refractivity contribution >= 4 is 5.91 Å². The van der Waals surface area contributed by atoms with Gasteiger partial charge in [0.15, 0.2) is 0 Å². The van der Waals surface area contributed by atoms with Crippen LogP contribution in [0.1, 0.15) is 33.4 Å². The maximum atomic E-state index is 12.7. The van der Waals surface area contributed by atoms with Crippen molar-refractivity contribution in [1.29, 1.82) is 0 Å². The second kappa shape index (κ2) is 7.00. The van der Waals surface area contributed by atoms with Crippen molar-refractivity contribution in [2.75, 3.05) is 13.7 Å². The van der Waals surface area contributed by atoms with Crippen molar-refractivity contribution in [2.24, 2.45) is 7.05 Å². The fraction of sp³-hybridized carbons (Fsp3) is 0.400. The second-order valence-electron chi connectivity index (χ2n) is 5.24. The molecule has 0 radical (unpaired) electrons. The third kappa shape index (κ3) is 3.91. The van der Waals surface area contributed by atoms with Crippen LogP contribution in [0.5, 0.6) is 0 Å². The molecule has 0 aliphatic heterocycles. The topological polar surface area (TPSA) is 69.0 Å². The van der Waals surface area contributed by atoms with E-state index in [1.54, 1.807) is 24.0 Å². The average molecular weight is 342 g/mol. The molecule has 0 aromatic carbocycles. The number of alkyl halides is 3. The van der Waals surface area contributed by atoms with Gasteiger partial charge in [0.25, 0.3) is 5.91 Å². The van der Waals surface area contributed by atoms with E-state index in [9.17, 15) is 18.0 Å². The molecular formula is C15H17F3N4O2. The SMILES string of the molecule is COCC(NC(=O)c1cnc(C(F)(F)F)cc1C)c1ccnn1C. The van der Waals surface area contributed by atoms with Gasteiger partial charge in [-0.25, -0.2) is 0 Å². The fourth-order valence-corrected chi connectivity index (χ4v) is 2.28. The van der Waals surface area contributed by atoms with E-state index in [0.717, 1.165) is 12.3 Å². The number of aromatic nitrogens is 3. The number of hydrogen-bond donors (Lipinski definition) is 1. The molecule has 130 valence electrons. The van der Waals surface area contributed by atoms with Gasteiger partial charge in [-0.15, -0.1) is 0 Å². The van der Waals surface area contributed by atoms with Crippen molar-refractivity contribution in [3.8, 4) is 0 Å². The van der Waals surface area contributed by atoms with Crippen LogP contribution in [0.3, 0.4) is 0 Å². The van der Waals surface area contributed by atoms with E-state index in [-0.39, 0.29) is 17.7 Å². The molecule has 0 aliphatic rings. The minimum atomic E-state index is -4.55. The number of ether oxygens (including phenoxy) is 1. The molecule has 9 heteroatoms. The Morgan fingerprint density at radius 2 is 2.17 bits per heavy atom. The smallest absolute Gasteiger partial charge is 0.382 e. The number of pyridine rings is 1. The molecule has 2 aromatic heterocycles. The van der Waals surface area contributed by atoms with Crippen LogP contribution in [0.25, 0.3) is 0 Å². The zero-order valence-corrected chi connectivity index (χ0v) is 13.4. The van der Waals surface area contributed by atoms with Gasteiger partial charge in [0.05, 0.1) is 23.9 Å². The number of methoxy groups -OCH3 is 1. The van der Waals surface area contributed by atoms with Crippen molar-refractivity contribution in [2.45, 2.75) is 19.1 Å². The van der Waals surface area contributed by atoms with E-state index in [2.05, 4.69) is 15.4 Å². The fourth-order valence-electron chi connectivity index (χ4n) is 2.28. The normalized spacial score (nSPS) is 12.9.